The van der Waals surface area contributed by atoms with Crippen molar-refractivity contribution in [1.29, 1.82) is 0 Å². The van der Waals surface area contributed by atoms with Gasteiger partial charge in [-0.05, 0) is 5.56 Å². The third kappa shape index (κ3) is 3.44. The monoisotopic (exact) mass is 371 g/mol. The van der Waals surface area contributed by atoms with Crippen molar-refractivity contribution < 1.29 is 9.53 Å². The van der Waals surface area contributed by atoms with Crippen LogP contribution < -0.4 is 15.8 Å². The van der Waals surface area contributed by atoms with Gasteiger partial charge in [0, 0.05) is 25.7 Å². The molecule has 0 atom stereocenters. The average molecular weight is 371 g/mol. The van der Waals surface area contributed by atoms with E-state index in [9.17, 15) is 9.59 Å². The molecular weight excluding hydrogens is 354 g/mol. The van der Waals surface area contributed by atoms with Crippen LogP contribution in [-0.4, -0.2) is 46.8 Å². The number of benzene rings is 1. The lowest BCUT2D eigenvalue weighted by atomic mass is 10.2. The highest BCUT2D eigenvalue weighted by atomic mass is 32.1. The van der Waals surface area contributed by atoms with Crippen molar-refractivity contribution in [3.8, 4) is 0 Å². The van der Waals surface area contributed by atoms with Crippen LogP contribution in [0.4, 0.5) is 5.13 Å². The van der Waals surface area contributed by atoms with Gasteiger partial charge in [0.1, 0.15) is 5.69 Å². The normalized spacial score (nSPS) is 14.5. The van der Waals surface area contributed by atoms with E-state index in [4.69, 9.17) is 4.74 Å². The number of nitrogens with zero attached hydrogens (tertiary/aromatic N) is 4. The molecule has 1 saturated heterocycles. The van der Waals surface area contributed by atoms with Gasteiger partial charge in [-0.1, -0.05) is 41.7 Å². The molecule has 0 bridgehead atoms. The molecule has 0 radical (unpaired) electrons. The maximum atomic E-state index is 12.6. The summed E-state index contributed by atoms with van der Waals surface area (Å²) in [6, 6.07) is 10.8. The van der Waals surface area contributed by atoms with Gasteiger partial charge in [-0.3, -0.25) is 9.59 Å². The third-order valence-corrected chi connectivity index (χ3v) is 5.02. The first-order valence-corrected chi connectivity index (χ1v) is 9.08. The number of morpholine rings is 1. The summed E-state index contributed by atoms with van der Waals surface area (Å²) in [5.74, 6) is -0.359. The highest BCUT2D eigenvalue weighted by Gasteiger charge is 2.20. The van der Waals surface area contributed by atoms with Gasteiger partial charge in [-0.2, -0.15) is 9.50 Å². The van der Waals surface area contributed by atoms with Crippen LogP contribution in [-0.2, 0) is 11.3 Å². The van der Waals surface area contributed by atoms with Crippen LogP contribution in [0.3, 0.4) is 0 Å². The molecular formula is C17H17N5O3S. The molecule has 0 aliphatic carbocycles. The number of hydrogen-bond acceptors (Lipinski definition) is 7. The highest BCUT2D eigenvalue weighted by molar-refractivity contribution is 7.20. The van der Waals surface area contributed by atoms with Gasteiger partial charge in [-0.15, -0.1) is 5.10 Å². The Bertz CT molecular complexity index is 979. The van der Waals surface area contributed by atoms with E-state index in [2.05, 4.69) is 20.3 Å². The second-order valence-electron chi connectivity index (χ2n) is 5.83. The number of aromatic nitrogens is 3. The molecule has 1 aliphatic rings. The summed E-state index contributed by atoms with van der Waals surface area (Å²) >= 11 is 1.30. The van der Waals surface area contributed by atoms with E-state index >= 15 is 0 Å². The lowest BCUT2D eigenvalue weighted by molar-refractivity contribution is 0.0943. The Morgan fingerprint density at radius 1 is 1.23 bits per heavy atom. The first-order chi connectivity index (χ1) is 12.7. The van der Waals surface area contributed by atoms with Gasteiger partial charge < -0.3 is 15.0 Å². The predicted octanol–water partition coefficient (Wildman–Crippen LogP) is 0.918. The van der Waals surface area contributed by atoms with E-state index in [0.717, 1.165) is 23.8 Å². The molecule has 134 valence electrons. The number of anilines is 1. The van der Waals surface area contributed by atoms with Crippen LogP contribution in [0.2, 0.25) is 0 Å². The Balaban J connectivity index is 1.62. The number of ether oxygens (including phenoxy) is 1. The minimum atomic E-state index is -0.452. The van der Waals surface area contributed by atoms with Gasteiger partial charge >= 0.3 is 0 Å². The second kappa shape index (κ2) is 7.22. The average Bonchev–Trinajstić information content (AvgIpc) is 3.11. The van der Waals surface area contributed by atoms with Crippen molar-refractivity contribution in [2.45, 2.75) is 6.54 Å². The van der Waals surface area contributed by atoms with Crippen LogP contribution >= 0.6 is 11.3 Å². The molecule has 3 heterocycles. The van der Waals surface area contributed by atoms with Crippen molar-refractivity contribution in [3.05, 3.63) is 58.0 Å². The molecule has 9 heteroatoms. The zero-order valence-corrected chi connectivity index (χ0v) is 14.7. The zero-order chi connectivity index (χ0) is 17.9. The SMILES string of the molecule is O=C(NCc1ccccc1)c1cc(=O)nc2sc(N3CCOCC3)nn12. The Morgan fingerprint density at radius 2 is 2.00 bits per heavy atom. The van der Waals surface area contributed by atoms with Crippen molar-refractivity contribution in [3.63, 3.8) is 0 Å². The maximum absolute atomic E-state index is 12.6. The molecule has 3 aromatic rings. The number of amides is 1. The number of carbonyl (C=O) groups excluding carboxylic acids is 1. The molecule has 1 amide bonds. The molecule has 0 spiro atoms. The van der Waals surface area contributed by atoms with E-state index < -0.39 is 5.56 Å². The third-order valence-electron chi connectivity index (χ3n) is 4.05. The molecule has 0 unspecified atom stereocenters. The number of hydrogen-bond donors (Lipinski definition) is 1. The fourth-order valence-corrected chi connectivity index (χ4v) is 3.68. The fraction of sp³-hybridized carbons (Fsp3) is 0.294. The number of fused-ring (bicyclic) bond motifs is 1. The van der Waals surface area contributed by atoms with Gasteiger partial charge in [0.2, 0.25) is 10.1 Å². The fourth-order valence-electron chi connectivity index (χ4n) is 2.72. The lowest BCUT2D eigenvalue weighted by Gasteiger charge is -2.25. The molecule has 1 fully saturated rings. The minimum Gasteiger partial charge on any atom is -0.378 e. The lowest BCUT2D eigenvalue weighted by Crippen LogP contribution is -2.36. The molecule has 1 aromatic carbocycles. The summed E-state index contributed by atoms with van der Waals surface area (Å²) in [6.07, 6.45) is 0. The van der Waals surface area contributed by atoms with Crippen LogP contribution in [0.25, 0.3) is 4.96 Å². The number of rotatable bonds is 4. The standard InChI is InChI=1S/C17H17N5O3S/c23-14-10-13(15(24)18-11-12-4-2-1-3-5-12)22-16(19-14)26-17(20-22)21-6-8-25-9-7-21/h1-5,10H,6-9,11H2,(H,18,24). The van der Waals surface area contributed by atoms with Crippen molar-refractivity contribution in [2.24, 2.45) is 0 Å². The molecule has 1 N–H and O–H groups in total. The maximum Gasteiger partial charge on any atom is 0.274 e. The Morgan fingerprint density at radius 3 is 2.77 bits per heavy atom. The molecule has 2 aromatic heterocycles. The summed E-state index contributed by atoms with van der Waals surface area (Å²) < 4.78 is 6.79. The Labute approximate surface area is 153 Å². The molecule has 4 rings (SSSR count). The smallest absolute Gasteiger partial charge is 0.274 e. The molecule has 8 nitrogen and oxygen atoms in total. The van der Waals surface area contributed by atoms with Crippen molar-refractivity contribution in [2.75, 3.05) is 31.2 Å². The molecule has 1 aliphatic heterocycles. The molecule has 0 saturated carbocycles. The van der Waals surface area contributed by atoms with E-state index in [1.807, 2.05) is 30.3 Å². The summed E-state index contributed by atoms with van der Waals surface area (Å²) in [5, 5.41) is 8.05. The largest absolute Gasteiger partial charge is 0.378 e. The van der Waals surface area contributed by atoms with Gasteiger partial charge in [0.25, 0.3) is 11.5 Å². The number of nitrogens with one attached hydrogen (secondary N) is 1. The van der Waals surface area contributed by atoms with Crippen LogP contribution in [0.5, 0.6) is 0 Å². The van der Waals surface area contributed by atoms with Crippen LogP contribution in [0, 0.1) is 0 Å². The van der Waals surface area contributed by atoms with Crippen molar-refractivity contribution in [1.82, 2.24) is 19.9 Å². The topological polar surface area (TPSA) is 88.8 Å². The second-order valence-corrected chi connectivity index (χ2v) is 6.76. The minimum absolute atomic E-state index is 0.187. The summed E-state index contributed by atoms with van der Waals surface area (Å²) in [4.78, 5) is 31.0. The Hall–Kier alpha value is -2.78. The predicted molar refractivity (Wildman–Crippen MR) is 97.8 cm³/mol. The van der Waals surface area contributed by atoms with Crippen LogP contribution in [0.1, 0.15) is 16.1 Å². The van der Waals surface area contributed by atoms with Gasteiger partial charge in [0.15, 0.2) is 0 Å². The van der Waals surface area contributed by atoms with E-state index in [1.54, 1.807) is 0 Å². The first kappa shape index (κ1) is 16.7. The highest BCUT2D eigenvalue weighted by Crippen LogP contribution is 2.23. The van der Waals surface area contributed by atoms with E-state index in [0.29, 0.717) is 24.7 Å². The van der Waals surface area contributed by atoms with Gasteiger partial charge in [-0.25, -0.2) is 0 Å². The quantitative estimate of drug-likeness (QED) is 0.734. The first-order valence-electron chi connectivity index (χ1n) is 8.26. The van der Waals surface area contributed by atoms with Gasteiger partial charge in [0.05, 0.1) is 13.2 Å². The number of carbonyl (C=O) groups is 1. The van der Waals surface area contributed by atoms with E-state index in [-0.39, 0.29) is 11.6 Å². The van der Waals surface area contributed by atoms with Crippen LogP contribution in [0.15, 0.2) is 41.2 Å². The zero-order valence-electron chi connectivity index (χ0n) is 13.9. The van der Waals surface area contributed by atoms with Crippen molar-refractivity contribution >= 4 is 27.3 Å². The van der Waals surface area contributed by atoms with E-state index in [1.165, 1.54) is 21.9 Å². The molecule has 26 heavy (non-hydrogen) atoms. The summed E-state index contributed by atoms with van der Waals surface area (Å²) in [5.41, 5.74) is 0.713. The summed E-state index contributed by atoms with van der Waals surface area (Å²) in [7, 11) is 0. The summed E-state index contributed by atoms with van der Waals surface area (Å²) in [6.45, 7) is 3.08. The Kier molecular flexibility index (Phi) is 4.63.